The number of thiazole rings is 1. The minimum absolute atomic E-state index is 0.619. The molecule has 6 aromatic carbocycles. The standard InChI is InChI=1S/C39H23N3OS/c1-3-9-26(10-4-1)38-42-37-33(43-38)22-20-30-35(37)29-13-7-8-14-31(29)40-36(30)25-17-15-24(16-18-25)28-19-21-32-34(23-28)44-39(41-32)27-11-5-2-6-12-27/h1-23H. The molecular formula is C39H23N3OS. The summed E-state index contributed by atoms with van der Waals surface area (Å²) in [5, 5.41) is 4.22. The highest BCUT2D eigenvalue weighted by atomic mass is 32.1. The Balaban J connectivity index is 1.15. The van der Waals surface area contributed by atoms with Crippen molar-refractivity contribution >= 4 is 54.3 Å². The number of hydrogen-bond acceptors (Lipinski definition) is 5. The van der Waals surface area contributed by atoms with Gasteiger partial charge in [-0.3, -0.25) is 0 Å². The van der Waals surface area contributed by atoms with Crippen LogP contribution in [0, 0.1) is 0 Å². The van der Waals surface area contributed by atoms with Crippen molar-refractivity contribution in [3.05, 3.63) is 140 Å². The first-order chi connectivity index (χ1) is 21.8. The summed E-state index contributed by atoms with van der Waals surface area (Å²) in [5.41, 5.74) is 9.99. The quantitative estimate of drug-likeness (QED) is 0.194. The molecule has 0 atom stereocenters. The fourth-order valence-electron chi connectivity index (χ4n) is 5.98. The van der Waals surface area contributed by atoms with Crippen LogP contribution in [-0.2, 0) is 0 Å². The van der Waals surface area contributed by atoms with Crippen LogP contribution in [0.4, 0.5) is 0 Å². The highest BCUT2D eigenvalue weighted by Gasteiger charge is 2.17. The van der Waals surface area contributed by atoms with Gasteiger partial charge >= 0.3 is 0 Å². The van der Waals surface area contributed by atoms with Crippen molar-refractivity contribution in [3.63, 3.8) is 0 Å². The average Bonchev–Trinajstić information content (AvgIpc) is 3.73. The van der Waals surface area contributed by atoms with Gasteiger partial charge in [0.1, 0.15) is 10.5 Å². The van der Waals surface area contributed by atoms with Crippen molar-refractivity contribution in [1.29, 1.82) is 0 Å². The molecule has 4 nitrogen and oxygen atoms in total. The van der Waals surface area contributed by atoms with Crippen LogP contribution in [0.5, 0.6) is 0 Å². The lowest BCUT2D eigenvalue weighted by Gasteiger charge is -2.11. The van der Waals surface area contributed by atoms with Gasteiger partial charge in [-0.2, -0.15) is 0 Å². The Kier molecular flexibility index (Phi) is 5.64. The lowest BCUT2D eigenvalue weighted by atomic mass is 9.97. The molecule has 0 amide bonds. The Bertz CT molecular complexity index is 2480. The molecule has 9 aromatic rings. The van der Waals surface area contributed by atoms with Gasteiger partial charge < -0.3 is 4.42 Å². The normalized spacial score (nSPS) is 11.6. The molecule has 0 fully saturated rings. The van der Waals surface area contributed by atoms with Crippen LogP contribution in [0.25, 0.3) is 87.4 Å². The van der Waals surface area contributed by atoms with Gasteiger partial charge in [-0.05, 0) is 53.6 Å². The Labute approximate surface area is 256 Å². The van der Waals surface area contributed by atoms with Gasteiger partial charge in [-0.15, -0.1) is 11.3 Å². The molecule has 0 bridgehead atoms. The summed E-state index contributed by atoms with van der Waals surface area (Å²) in [6.07, 6.45) is 0. The van der Waals surface area contributed by atoms with E-state index in [0.29, 0.717) is 5.89 Å². The molecule has 0 aliphatic rings. The lowest BCUT2D eigenvalue weighted by Crippen LogP contribution is -1.91. The van der Waals surface area contributed by atoms with Crippen molar-refractivity contribution in [2.24, 2.45) is 0 Å². The second-order valence-corrected chi connectivity index (χ2v) is 11.9. The van der Waals surface area contributed by atoms with E-state index in [4.69, 9.17) is 19.4 Å². The fraction of sp³-hybridized carbons (Fsp3) is 0. The third kappa shape index (κ3) is 4.09. The summed E-state index contributed by atoms with van der Waals surface area (Å²) in [4.78, 5) is 15.0. The van der Waals surface area contributed by atoms with E-state index < -0.39 is 0 Å². The maximum Gasteiger partial charge on any atom is 0.227 e. The molecule has 3 heterocycles. The molecule has 0 saturated carbocycles. The number of nitrogens with zero attached hydrogens (tertiary/aromatic N) is 3. The van der Waals surface area contributed by atoms with Crippen molar-refractivity contribution in [2.75, 3.05) is 0 Å². The van der Waals surface area contributed by atoms with E-state index in [0.717, 1.165) is 71.2 Å². The molecular weight excluding hydrogens is 559 g/mol. The zero-order valence-corrected chi connectivity index (χ0v) is 24.3. The van der Waals surface area contributed by atoms with Crippen molar-refractivity contribution in [3.8, 4) is 44.4 Å². The molecule has 44 heavy (non-hydrogen) atoms. The number of aromatic nitrogens is 3. The smallest absolute Gasteiger partial charge is 0.227 e. The van der Waals surface area contributed by atoms with E-state index in [1.165, 1.54) is 10.3 Å². The molecule has 9 rings (SSSR count). The van der Waals surface area contributed by atoms with Gasteiger partial charge in [0.15, 0.2) is 5.58 Å². The van der Waals surface area contributed by atoms with Crippen LogP contribution in [-0.4, -0.2) is 15.0 Å². The Morgan fingerprint density at radius 3 is 2.00 bits per heavy atom. The van der Waals surface area contributed by atoms with Gasteiger partial charge in [-0.25, -0.2) is 15.0 Å². The van der Waals surface area contributed by atoms with E-state index in [9.17, 15) is 0 Å². The number of fused-ring (bicyclic) bond motifs is 6. The van der Waals surface area contributed by atoms with Gasteiger partial charge in [0.2, 0.25) is 5.89 Å². The predicted molar refractivity (Wildman–Crippen MR) is 182 cm³/mol. The molecule has 0 aliphatic heterocycles. The number of pyridine rings is 1. The zero-order chi connectivity index (χ0) is 29.0. The Morgan fingerprint density at radius 2 is 1.18 bits per heavy atom. The molecule has 0 unspecified atom stereocenters. The summed E-state index contributed by atoms with van der Waals surface area (Å²) in [6.45, 7) is 0. The maximum atomic E-state index is 6.24. The van der Waals surface area contributed by atoms with Gasteiger partial charge in [0.05, 0.1) is 21.4 Å². The first kappa shape index (κ1) is 24.9. The molecule has 0 N–H and O–H groups in total. The SMILES string of the molecule is c1ccc(-c2nc3c(ccc4c(-c5ccc(-c6ccc7nc(-c8ccccc8)sc7c6)cc5)nc5ccccc5c43)o2)cc1. The number of para-hydroxylation sites is 1. The molecule has 0 aliphatic carbocycles. The molecule has 0 radical (unpaired) electrons. The lowest BCUT2D eigenvalue weighted by molar-refractivity contribution is 0.620. The number of oxazole rings is 1. The van der Waals surface area contributed by atoms with Crippen LogP contribution >= 0.6 is 11.3 Å². The van der Waals surface area contributed by atoms with Gasteiger partial charge in [-0.1, -0.05) is 97.1 Å². The highest BCUT2D eigenvalue weighted by molar-refractivity contribution is 7.21. The fourth-order valence-corrected chi connectivity index (χ4v) is 6.99. The highest BCUT2D eigenvalue weighted by Crippen LogP contribution is 2.39. The summed E-state index contributed by atoms with van der Waals surface area (Å²) >= 11 is 1.73. The third-order valence-corrected chi connectivity index (χ3v) is 9.21. The first-order valence-corrected chi connectivity index (χ1v) is 15.3. The number of hydrogen-bond donors (Lipinski definition) is 0. The van der Waals surface area contributed by atoms with E-state index in [1.54, 1.807) is 11.3 Å². The summed E-state index contributed by atoms with van der Waals surface area (Å²) in [5.74, 6) is 0.619. The summed E-state index contributed by atoms with van der Waals surface area (Å²) < 4.78 is 7.42. The minimum Gasteiger partial charge on any atom is -0.436 e. The Morgan fingerprint density at radius 1 is 0.477 bits per heavy atom. The van der Waals surface area contributed by atoms with Crippen LogP contribution in [0.2, 0.25) is 0 Å². The molecule has 5 heteroatoms. The summed E-state index contributed by atoms with van der Waals surface area (Å²) in [6, 6.07) is 48.0. The average molecular weight is 582 g/mol. The van der Waals surface area contributed by atoms with Crippen LogP contribution in [0.3, 0.4) is 0 Å². The largest absolute Gasteiger partial charge is 0.436 e. The van der Waals surface area contributed by atoms with Crippen LogP contribution in [0.15, 0.2) is 144 Å². The van der Waals surface area contributed by atoms with Gasteiger partial charge in [0, 0.05) is 32.8 Å². The van der Waals surface area contributed by atoms with E-state index in [-0.39, 0.29) is 0 Å². The molecule has 3 aromatic heterocycles. The Hall–Kier alpha value is -5.65. The molecule has 0 spiro atoms. The van der Waals surface area contributed by atoms with Crippen LogP contribution in [0.1, 0.15) is 0 Å². The monoisotopic (exact) mass is 581 g/mol. The number of benzene rings is 6. The molecule has 0 saturated heterocycles. The zero-order valence-electron chi connectivity index (χ0n) is 23.4. The van der Waals surface area contributed by atoms with E-state index in [2.05, 4.69) is 91.0 Å². The summed E-state index contributed by atoms with van der Waals surface area (Å²) in [7, 11) is 0. The second kappa shape index (κ2) is 9.97. The first-order valence-electron chi connectivity index (χ1n) is 14.5. The van der Waals surface area contributed by atoms with Crippen molar-refractivity contribution in [2.45, 2.75) is 0 Å². The van der Waals surface area contributed by atoms with Gasteiger partial charge in [0.25, 0.3) is 0 Å². The van der Waals surface area contributed by atoms with E-state index in [1.807, 2.05) is 48.5 Å². The second-order valence-electron chi connectivity index (χ2n) is 10.8. The topological polar surface area (TPSA) is 51.8 Å². The van der Waals surface area contributed by atoms with E-state index >= 15 is 0 Å². The number of rotatable bonds is 4. The predicted octanol–water partition coefficient (Wildman–Crippen LogP) is 10.8. The van der Waals surface area contributed by atoms with Crippen LogP contribution < -0.4 is 0 Å². The third-order valence-electron chi connectivity index (χ3n) is 8.14. The van der Waals surface area contributed by atoms with Crippen molar-refractivity contribution in [1.82, 2.24) is 15.0 Å². The van der Waals surface area contributed by atoms with Crippen molar-refractivity contribution < 1.29 is 4.42 Å². The molecule has 206 valence electrons. The minimum atomic E-state index is 0.619. The maximum absolute atomic E-state index is 6.24.